The Labute approximate surface area is 153 Å². The van der Waals surface area contributed by atoms with Crippen LogP contribution in [0.4, 0.5) is 5.82 Å². The lowest BCUT2D eigenvalue weighted by Crippen LogP contribution is -2.14. The van der Waals surface area contributed by atoms with Gasteiger partial charge < -0.3 is 15.8 Å². The van der Waals surface area contributed by atoms with Crippen LogP contribution < -0.4 is 15.8 Å². The van der Waals surface area contributed by atoms with Gasteiger partial charge in [0.2, 0.25) is 5.91 Å². The number of anilines is 1. The third-order valence-corrected chi connectivity index (χ3v) is 3.61. The first-order valence-electron chi connectivity index (χ1n) is 7.49. The first-order chi connectivity index (χ1) is 10.8. The minimum atomic E-state index is -0.0579. The predicted octanol–water partition coefficient (Wildman–Crippen LogP) is 3.20. The summed E-state index contributed by atoms with van der Waals surface area (Å²) in [6.07, 6.45) is 2.02. The second kappa shape index (κ2) is 9.47. The molecule has 3 rings (SSSR count). The summed E-state index contributed by atoms with van der Waals surface area (Å²) in [7, 11) is 0. The Morgan fingerprint density at radius 3 is 2.88 bits per heavy atom. The normalized spacial score (nSPS) is 11.5. The van der Waals surface area contributed by atoms with E-state index in [-0.39, 0.29) is 30.7 Å². The van der Waals surface area contributed by atoms with Crippen molar-refractivity contribution in [2.75, 3.05) is 18.5 Å². The van der Waals surface area contributed by atoms with Crippen LogP contribution in [-0.2, 0) is 11.2 Å². The topological polar surface area (TPSA) is 77.2 Å². The zero-order valence-corrected chi connectivity index (χ0v) is 14.8. The number of rotatable bonds is 5. The van der Waals surface area contributed by atoms with Crippen LogP contribution in [0.2, 0.25) is 0 Å². The molecule has 2 aromatic rings. The number of fused-ring (bicyclic) bond motifs is 1. The maximum absolute atomic E-state index is 11.7. The lowest BCUT2D eigenvalue weighted by atomic mass is 10.1. The van der Waals surface area contributed by atoms with Crippen molar-refractivity contribution < 1.29 is 9.53 Å². The van der Waals surface area contributed by atoms with E-state index in [1.165, 1.54) is 5.56 Å². The molecule has 7 heteroatoms. The van der Waals surface area contributed by atoms with Gasteiger partial charge in [-0.15, -0.1) is 24.8 Å². The Morgan fingerprint density at radius 2 is 2.08 bits per heavy atom. The monoisotopic (exact) mass is 369 g/mol. The summed E-state index contributed by atoms with van der Waals surface area (Å²) in [5.41, 5.74) is 8.48. The third kappa shape index (κ3) is 4.84. The first-order valence-corrected chi connectivity index (χ1v) is 7.49. The van der Waals surface area contributed by atoms with Crippen LogP contribution in [0.3, 0.4) is 0 Å². The van der Waals surface area contributed by atoms with Crippen LogP contribution in [0.25, 0.3) is 11.3 Å². The summed E-state index contributed by atoms with van der Waals surface area (Å²) < 4.78 is 5.52. The molecule has 1 aromatic carbocycles. The quantitative estimate of drug-likeness (QED) is 0.847. The van der Waals surface area contributed by atoms with E-state index in [1.54, 1.807) is 6.07 Å². The highest BCUT2D eigenvalue weighted by molar-refractivity contribution is 5.90. The standard InChI is InChI=1S/C17H19N3O2.2ClH/c18-9-2-5-17(21)20-16-4-1-3-14(19-16)12-6-7-15-13(11-12)8-10-22-15;;/h1,3-4,6-7,11H,2,5,8-10,18H2,(H,19,20,21);2*1H. The number of aromatic nitrogens is 1. The average molecular weight is 370 g/mol. The second-order valence-corrected chi connectivity index (χ2v) is 5.27. The highest BCUT2D eigenvalue weighted by Crippen LogP contribution is 2.30. The van der Waals surface area contributed by atoms with Gasteiger partial charge in [-0.05, 0) is 48.9 Å². The number of benzene rings is 1. The molecular weight excluding hydrogens is 349 g/mol. The molecule has 0 fully saturated rings. The van der Waals surface area contributed by atoms with Crippen molar-refractivity contribution >= 4 is 36.5 Å². The number of amides is 1. The SMILES string of the molecule is Cl.Cl.NCCCC(=O)Nc1cccc(-c2ccc3c(c2)CCO3)n1. The number of halogens is 2. The molecule has 3 N–H and O–H groups in total. The number of hydrogen-bond donors (Lipinski definition) is 2. The van der Waals surface area contributed by atoms with E-state index < -0.39 is 0 Å². The Balaban J connectivity index is 0.00000144. The number of nitrogens with zero attached hydrogens (tertiary/aromatic N) is 1. The predicted molar refractivity (Wildman–Crippen MR) is 100 cm³/mol. The fourth-order valence-electron chi connectivity index (χ4n) is 2.48. The number of nitrogens with one attached hydrogen (secondary N) is 1. The summed E-state index contributed by atoms with van der Waals surface area (Å²) in [6.45, 7) is 1.25. The summed E-state index contributed by atoms with van der Waals surface area (Å²) in [5.74, 6) is 1.46. The maximum atomic E-state index is 11.7. The highest BCUT2D eigenvalue weighted by Gasteiger charge is 2.13. The molecular formula is C17H21Cl2N3O2. The van der Waals surface area contributed by atoms with Gasteiger partial charge in [-0.1, -0.05) is 6.07 Å². The van der Waals surface area contributed by atoms with Crippen molar-refractivity contribution in [3.63, 3.8) is 0 Å². The molecule has 0 aliphatic carbocycles. The van der Waals surface area contributed by atoms with E-state index in [0.717, 1.165) is 30.0 Å². The van der Waals surface area contributed by atoms with Crippen LogP contribution in [0.15, 0.2) is 36.4 Å². The Hall–Kier alpha value is -1.82. The van der Waals surface area contributed by atoms with Gasteiger partial charge in [0, 0.05) is 18.4 Å². The van der Waals surface area contributed by atoms with Crippen molar-refractivity contribution in [1.82, 2.24) is 4.98 Å². The van der Waals surface area contributed by atoms with Gasteiger partial charge in [-0.25, -0.2) is 4.98 Å². The molecule has 1 amide bonds. The molecule has 130 valence electrons. The molecule has 1 aromatic heterocycles. The molecule has 0 saturated carbocycles. The van der Waals surface area contributed by atoms with Gasteiger partial charge in [0.1, 0.15) is 11.6 Å². The van der Waals surface area contributed by atoms with Gasteiger partial charge in [0.05, 0.1) is 12.3 Å². The van der Waals surface area contributed by atoms with Gasteiger partial charge >= 0.3 is 0 Å². The van der Waals surface area contributed by atoms with Crippen molar-refractivity contribution in [2.24, 2.45) is 5.73 Å². The number of carbonyl (C=O) groups is 1. The molecule has 0 spiro atoms. The molecule has 0 radical (unpaired) electrons. The number of nitrogens with two attached hydrogens (primary N) is 1. The summed E-state index contributed by atoms with van der Waals surface area (Å²) >= 11 is 0. The Bertz CT molecular complexity index is 695. The number of hydrogen-bond acceptors (Lipinski definition) is 4. The van der Waals surface area contributed by atoms with Gasteiger partial charge in [-0.2, -0.15) is 0 Å². The van der Waals surface area contributed by atoms with Gasteiger partial charge in [-0.3, -0.25) is 4.79 Å². The van der Waals surface area contributed by atoms with Crippen LogP contribution in [0.1, 0.15) is 18.4 Å². The Kier molecular flexibility index (Phi) is 7.98. The smallest absolute Gasteiger partial charge is 0.225 e. The van der Waals surface area contributed by atoms with E-state index in [0.29, 0.717) is 25.2 Å². The van der Waals surface area contributed by atoms with Crippen molar-refractivity contribution in [3.8, 4) is 17.0 Å². The third-order valence-electron chi connectivity index (χ3n) is 3.61. The summed E-state index contributed by atoms with van der Waals surface area (Å²) in [6, 6.07) is 11.7. The number of pyridine rings is 1. The van der Waals surface area contributed by atoms with Gasteiger partial charge in [0.15, 0.2) is 0 Å². The molecule has 0 saturated heterocycles. The molecule has 0 unspecified atom stereocenters. The second-order valence-electron chi connectivity index (χ2n) is 5.27. The zero-order valence-electron chi connectivity index (χ0n) is 13.2. The molecule has 2 heterocycles. The highest BCUT2D eigenvalue weighted by atomic mass is 35.5. The molecule has 0 atom stereocenters. The molecule has 24 heavy (non-hydrogen) atoms. The van der Waals surface area contributed by atoms with Gasteiger partial charge in [0.25, 0.3) is 0 Å². The van der Waals surface area contributed by atoms with Crippen LogP contribution in [0.5, 0.6) is 5.75 Å². The number of carbonyl (C=O) groups excluding carboxylic acids is 1. The van der Waals surface area contributed by atoms with Crippen molar-refractivity contribution in [2.45, 2.75) is 19.3 Å². The molecule has 5 nitrogen and oxygen atoms in total. The van der Waals surface area contributed by atoms with E-state index in [4.69, 9.17) is 10.5 Å². The van der Waals surface area contributed by atoms with E-state index in [9.17, 15) is 4.79 Å². The molecule has 1 aliphatic rings. The lowest BCUT2D eigenvalue weighted by molar-refractivity contribution is -0.116. The van der Waals surface area contributed by atoms with E-state index >= 15 is 0 Å². The van der Waals surface area contributed by atoms with Crippen molar-refractivity contribution in [1.29, 1.82) is 0 Å². The van der Waals surface area contributed by atoms with Crippen LogP contribution in [0, 0.1) is 0 Å². The van der Waals surface area contributed by atoms with Crippen molar-refractivity contribution in [3.05, 3.63) is 42.0 Å². The van der Waals surface area contributed by atoms with Crippen LogP contribution in [-0.4, -0.2) is 24.0 Å². The average Bonchev–Trinajstić information content (AvgIpc) is 3.00. The molecule has 0 bridgehead atoms. The minimum Gasteiger partial charge on any atom is -0.493 e. The minimum absolute atomic E-state index is 0. The zero-order chi connectivity index (χ0) is 15.4. The van der Waals surface area contributed by atoms with E-state index in [2.05, 4.69) is 16.4 Å². The molecule has 1 aliphatic heterocycles. The maximum Gasteiger partial charge on any atom is 0.225 e. The fraction of sp³-hybridized carbons (Fsp3) is 0.294. The first kappa shape index (κ1) is 20.2. The fourth-order valence-corrected chi connectivity index (χ4v) is 2.48. The summed E-state index contributed by atoms with van der Waals surface area (Å²) in [5, 5.41) is 2.81. The van der Waals surface area contributed by atoms with E-state index in [1.807, 2.05) is 24.3 Å². The van der Waals surface area contributed by atoms with Crippen LogP contribution >= 0.6 is 24.8 Å². The summed E-state index contributed by atoms with van der Waals surface area (Å²) in [4.78, 5) is 16.3. The Morgan fingerprint density at radius 1 is 1.25 bits per heavy atom. The number of ether oxygens (including phenoxy) is 1. The lowest BCUT2D eigenvalue weighted by Gasteiger charge is -2.07. The largest absolute Gasteiger partial charge is 0.493 e.